The van der Waals surface area contributed by atoms with Gasteiger partial charge in [-0.15, -0.1) is 0 Å². The first-order valence-corrected chi connectivity index (χ1v) is 9.50. The van der Waals surface area contributed by atoms with E-state index in [1.165, 1.54) is 40.9 Å². The number of nitrogens with zero attached hydrogens (tertiary/aromatic N) is 2. The lowest BCUT2D eigenvalue weighted by atomic mass is 10.2. The molecule has 1 fully saturated rings. The van der Waals surface area contributed by atoms with Crippen LogP contribution in [-0.2, 0) is 4.79 Å². The molecule has 1 aliphatic heterocycles. The quantitative estimate of drug-likeness (QED) is 0.299. The minimum Gasteiger partial charge on any atom is -0.493 e. The number of nitro benzene ring substituents is 1. The van der Waals surface area contributed by atoms with Crippen LogP contribution >= 0.6 is 24.0 Å². The third-order valence-electron chi connectivity index (χ3n) is 3.90. The molecule has 0 aromatic heterocycles. The first-order valence-electron chi connectivity index (χ1n) is 8.28. The van der Waals surface area contributed by atoms with Gasteiger partial charge < -0.3 is 9.47 Å². The molecular formula is C19H16N2O5S2. The van der Waals surface area contributed by atoms with E-state index in [0.717, 1.165) is 5.56 Å². The third-order valence-corrected chi connectivity index (χ3v) is 5.20. The zero-order valence-electron chi connectivity index (χ0n) is 15.1. The number of carbonyl (C=O) groups excluding carboxylic acids is 1. The molecule has 144 valence electrons. The average molecular weight is 416 g/mol. The van der Waals surface area contributed by atoms with Gasteiger partial charge in [-0.05, 0) is 42.8 Å². The highest BCUT2D eigenvalue weighted by molar-refractivity contribution is 8.27. The van der Waals surface area contributed by atoms with E-state index < -0.39 is 4.92 Å². The maximum absolute atomic E-state index is 12.8. The molecule has 28 heavy (non-hydrogen) atoms. The zero-order chi connectivity index (χ0) is 20.3. The summed E-state index contributed by atoms with van der Waals surface area (Å²) in [6.45, 7) is 2.40. The highest BCUT2D eigenvalue weighted by atomic mass is 32.2. The third kappa shape index (κ3) is 4.00. The first-order chi connectivity index (χ1) is 13.4. The number of thioether (sulfide) groups is 1. The smallest absolute Gasteiger partial charge is 0.270 e. The van der Waals surface area contributed by atoms with Crippen LogP contribution in [0.4, 0.5) is 11.4 Å². The Morgan fingerprint density at radius 2 is 1.93 bits per heavy atom. The van der Waals surface area contributed by atoms with Crippen LogP contribution in [0.3, 0.4) is 0 Å². The summed E-state index contributed by atoms with van der Waals surface area (Å²) in [4.78, 5) is 24.9. The van der Waals surface area contributed by atoms with Gasteiger partial charge >= 0.3 is 0 Å². The standard InChI is InChI=1S/C19H16N2O5S2/c1-3-26-15-9-4-12(10-16(15)25-2)11-17-18(22)20(19(27)28-17)13-5-7-14(8-6-13)21(23)24/h4-11H,3H2,1-2H3/b17-11-. The van der Waals surface area contributed by atoms with E-state index in [1.807, 2.05) is 13.0 Å². The van der Waals surface area contributed by atoms with Crippen molar-refractivity contribution < 1.29 is 19.2 Å². The Labute approximate surface area is 171 Å². The number of hydrogen-bond acceptors (Lipinski definition) is 7. The van der Waals surface area contributed by atoms with Gasteiger partial charge in [-0.1, -0.05) is 30.0 Å². The van der Waals surface area contributed by atoms with Crippen molar-refractivity contribution in [2.45, 2.75) is 6.92 Å². The van der Waals surface area contributed by atoms with E-state index in [9.17, 15) is 14.9 Å². The SMILES string of the molecule is CCOc1ccc(/C=C2\SC(=S)N(c3ccc([N+](=O)[O-])cc3)C2=O)cc1OC. The van der Waals surface area contributed by atoms with Gasteiger partial charge in [0.25, 0.3) is 11.6 Å². The molecule has 1 amide bonds. The molecule has 0 radical (unpaired) electrons. The second kappa shape index (κ2) is 8.41. The fraction of sp³-hybridized carbons (Fsp3) is 0.158. The summed E-state index contributed by atoms with van der Waals surface area (Å²) in [6, 6.07) is 11.1. The van der Waals surface area contributed by atoms with Crippen molar-refractivity contribution in [2.24, 2.45) is 0 Å². The van der Waals surface area contributed by atoms with Gasteiger partial charge in [-0.2, -0.15) is 0 Å². The number of nitro groups is 1. The number of non-ortho nitro benzene ring substituents is 1. The molecule has 2 aromatic rings. The molecule has 0 unspecified atom stereocenters. The Morgan fingerprint density at radius 1 is 1.21 bits per heavy atom. The van der Waals surface area contributed by atoms with E-state index >= 15 is 0 Å². The van der Waals surface area contributed by atoms with Crippen LogP contribution in [0.25, 0.3) is 6.08 Å². The predicted molar refractivity (Wildman–Crippen MR) is 113 cm³/mol. The van der Waals surface area contributed by atoms with Crippen molar-refractivity contribution in [3.8, 4) is 11.5 Å². The maximum atomic E-state index is 12.8. The molecule has 0 atom stereocenters. The van der Waals surface area contributed by atoms with Crippen molar-refractivity contribution in [1.29, 1.82) is 0 Å². The molecule has 7 nitrogen and oxygen atoms in total. The molecular weight excluding hydrogens is 400 g/mol. The highest BCUT2D eigenvalue weighted by Crippen LogP contribution is 2.37. The largest absolute Gasteiger partial charge is 0.493 e. The van der Waals surface area contributed by atoms with Gasteiger partial charge in [-0.25, -0.2) is 0 Å². The normalized spacial score (nSPS) is 15.2. The van der Waals surface area contributed by atoms with Crippen molar-refractivity contribution in [1.82, 2.24) is 0 Å². The number of ether oxygens (including phenoxy) is 2. The van der Waals surface area contributed by atoms with E-state index in [0.29, 0.717) is 33.0 Å². The molecule has 1 heterocycles. The second-order valence-electron chi connectivity index (χ2n) is 5.63. The van der Waals surface area contributed by atoms with Crippen molar-refractivity contribution in [3.63, 3.8) is 0 Å². The molecule has 0 N–H and O–H groups in total. The number of methoxy groups -OCH3 is 1. The number of rotatable bonds is 6. The summed E-state index contributed by atoms with van der Waals surface area (Å²) < 4.78 is 11.2. The Hall–Kier alpha value is -2.91. The Kier molecular flexibility index (Phi) is 5.96. The van der Waals surface area contributed by atoms with Gasteiger partial charge in [-0.3, -0.25) is 19.8 Å². The van der Waals surface area contributed by atoms with Crippen LogP contribution in [0, 0.1) is 10.1 Å². The molecule has 0 spiro atoms. The molecule has 2 aromatic carbocycles. The van der Waals surface area contributed by atoms with Crippen molar-refractivity contribution in [2.75, 3.05) is 18.6 Å². The lowest BCUT2D eigenvalue weighted by Crippen LogP contribution is -2.27. The summed E-state index contributed by atoms with van der Waals surface area (Å²) in [6.07, 6.45) is 1.73. The lowest BCUT2D eigenvalue weighted by Gasteiger charge is -2.14. The lowest BCUT2D eigenvalue weighted by molar-refractivity contribution is -0.384. The fourth-order valence-electron chi connectivity index (χ4n) is 2.61. The summed E-state index contributed by atoms with van der Waals surface area (Å²) in [5.41, 5.74) is 1.21. The zero-order valence-corrected chi connectivity index (χ0v) is 16.7. The molecule has 0 aliphatic carbocycles. The van der Waals surface area contributed by atoms with Crippen LogP contribution in [0.1, 0.15) is 12.5 Å². The van der Waals surface area contributed by atoms with Crippen molar-refractivity contribution >= 4 is 51.7 Å². The molecule has 0 bridgehead atoms. The minimum atomic E-state index is -0.493. The number of benzene rings is 2. The number of amides is 1. The average Bonchev–Trinajstić information content (AvgIpc) is 2.96. The van der Waals surface area contributed by atoms with Gasteiger partial charge in [0, 0.05) is 12.1 Å². The van der Waals surface area contributed by atoms with E-state index in [4.69, 9.17) is 21.7 Å². The van der Waals surface area contributed by atoms with E-state index in [-0.39, 0.29) is 11.6 Å². The monoisotopic (exact) mass is 416 g/mol. The second-order valence-corrected chi connectivity index (χ2v) is 7.31. The predicted octanol–water partition coefficient (Wildman–Crippen LogP) is 4.41. The highest BCUT2D eigenvalue weighted by Gasteiger charge is 2.33. The Bertz CT molecular complexity index is 973. The summed E-state index contributed by atoms with van der Waals surface area (Å²) in [5, 5.41) is 10.8. The number of anilines is 1. The van der Waals surface area contributed by atoms with Gasteiger partial charge in [0.2, 0.25) is 0 Å². The number of carbonyl (C=O) groups is 1. The molecule has 0 saturated carbocycles. The summed E-state index contributed by atoms with van der Waals surface area (Å²) in [5.74, 6) is 0.915. The van der Waals surface area contributed by atoms with Gasteiger partial charge in [0.05, 0.1) is 29.2 Å². The van der Waals surface area contributed by atoms with E-state index in [1.54, 1.807) is 25.3 Å². The molecule has 3 rings (SSSR count). The maximum Gasteiger partial charge on any atom is 0.270 e. The summed E-state index contributed by atoms with van der Waals surface area (Å²) >= 11 is 6.50. The Morgan fingerprint density at radius 3 is 2.54 bits per heavy atom. The molecule has 1 saturated heterocycles. The van der Waals surface area contributed by atoms with Crippen LogP contribution < -0.4 is 14.4 Å². The summed E-state index contributed by atoms with van der Waals surface area (Å²) in [7, 11) is 1.55. The van der Waals surface area contributed by atoms with Crippen LogP contribution in [0.5, 0.6) is 11.5 Å². The molecule has 9 heteroatoms. The van der Waals surface area contributed by atoms with Gasteiger partial charge in [0.1, 0.15) is 0 Å². The number of hydrogen-bond donors (Lipinski definition) is 0. The van der Waals surface area contributed by atoms with Crippen molar-refractivity contribution in [3.05, 3.63) is 63.0 Å². The van der Waals surface area contributed by atoms with E-state index in [2.05, 4.69) is 0 Å². The fourth-order valence-corrected chi connectivity index (χ4v) is 3.91. The van der Waals surface area contributed by atoms with Crippen LogP contribution in [0.15, 0.2) is 47.4 Å². The van der Waals surface area contributed by atoms with Crippen LogP contribution in [-0.4, -0.2) is 28.9 Å². The van der Waals surface area contributed by atoms with Crippen LogP contribution in [0.2, 0.25) is 0 Å². The minimum absolute atomic E-state index is 0.0498. The van der Waals surface area contributed by atoms with Gasteiger partial charge in [0.15, 0.2) is 15.8 Å². The topological polar surface area (TPSA) is 81.9 Å². The first kappa shape index (κ1) is 19.8. The number of thiocarbonyl (C=S) groups is 1. The Balaban J connectivity index is 1.87. The molecule has 1 aliphatic rings.